The molecule has 4 rings (SSSR count). The minimum absolute atomic E-state index is 0.0899. The van der Waals surface area contributed by atoms with Crippen molar-refractivity contribution in [3.05, 3.63) is 53.7 Å². The minimum Gasteiger partial charge on any atom is -0.497 e. The Morgan fingerprint density at radius 3 is 2.69 bits per heavy atom. The second kappa shape index (κ2) is 12.5. The molecule has 3 heterocycles. The molecule has 0 spiro atoms. The number of amides is 1. The fourth-order valence-corrected chi connectivity index (χ4v) is 3.58. The molecule has 39 heavy (non-hydrogen) atoms. The molecule has 0 radical (unpaired) electrons. The number of hydrogen-bond donors (Lipinski definition) is 3. The van der Waals surface area contributed by atoms with E-state index in [1.165, 1.54) is 26.5 Å². The highest BCUT2D eigenvalue weighted by atomic mass is 16.5. The van der Waals surface area contributed by atoms with E-state index in [2.05, 4.69) is 36.0 Å². The molecule has 0 saturated heterocycles. The number of ether oxygens (including phenoxy) is 4. The number of carbonyl (C=O) groups is 1. The average molecular weight is 540 g/mol. The van der Waals surface area contributed by atoms with E-state index in [-0.39, 0.29) is 53.6 Å². The van der Waals surface area contributed by atoms with Crippen LogP contribution < -0.4 is 30.2 Å². The topological polar surface area (TPSA) is 168 Å². The molecule has 0 aliphatic heterocycles. The first-order chi connectivity index (χ1) is 20.1. The monoisotopic (exact) mass is 539 g/mol. The van der Waals surface area contributed by atoms with E-state index in [0.717, 1.165) is 5.56 Å². The summed E-state index contributed by atoms with van der Waals surface area (Å²) in [7, 11) is 6.02. The summed E-state index contributed by atoms with van der Waals surface area (Å²) in [6, 6.07) is 8.45. The van der Waals surface area contributed by atoms with Gasteiger partial charge < -0.3 is 39.4 Å². The Bertz CT molecular complexity index is 1550. The Morgan fingerprint density at radius 1 is 1.08 bits per heavy atom. The maximum absolute atomic E-state index is 12.9. The molecule has 0 aliphatic carbocycles. The molecule has 14 heteroatoms. The summed E-state index contributed by atoms with van der Waals surface area (Å²) in [6.45, 7) is -2.36. The van der Waals surface area contributed by atoms with Crippen LogP contribution in [0.25, 0.3) is 11.4 Å². The second-order valence-corrected chi connectivity index (χ2v) is 7.79. The minimum atomic E-state index is -2.76. The summed E-state index contributed by atoms with van der Waals surface area (Å²) in [4.78, 5) is 21.5. The number of aromatic nitrogens is 5. The quantitative estimate of drug-likeness (QED) is 0.241. The first kappa shape index (κ1) is 23.2. The number of carbonyl (C=O) groups excluding carboxylic acids is 1. The molecule has 3 N–H and O–H groups in total. The first-order valence-corrected chi connectivity index (χ1v) is 11.4. The van der Waals surface area contributed by atoms with E-state index >= 15 is 0 Å². The van der Waals surface area contributed by atoms with Crippen LogP contribution in [-0.2, 0) is 17.9 Å². The van der Waals surface area contributed by atoms with Crippen LogP contribution in [0, 0.1) is 0 Å². The number of hydrogen-bond acceptors (Lipinski definition) is 13. The fraction of sp³-hybridized carbons (Fsp3) is 0.280. The third kappa shape index (κ3) is 6.13. The van der Waals surface area contributed by atoms with Gasteiger partial charge in [0.15, 0.2) is 23.1 Å². The molecule has 0 fully saturated rings. The predicted molar refractivity (Wildman–Crippen MR) is 140 cm³/mol. The van der Waals surface area contributed by atoms with Crippen LogP contribution in [-0.4, -0.2) is 66.6 Å². The normalized spacial score (nSPS) is 12.1. The molecule has 0 atom stereocenters. The molecule has 1 aromatic carbocycles. The van der Waals surface area contributed by atoms with Gasteiger partial charge in [-0.1, -0.05) is 5.16 Å². The van der Waals surface area contributed by atoms with Gasteiger partial charge in [0.1, 0.15) is 18.1 Å². The summed E-state index contributed by atoms with van der Waals surface area (Å²) >= 11 is 0. The van der Waals surface area contributed by atoms with Crippen molar-refractivity contribution in [2.24, 2.45) is 0 Å². The Morgan fingerprint density at radius 2 is 1.95 bits per heavy atom. The number of benzene rings is 1. The standard InChI is InChI=1S/C25H28N8O6/c1-26-25(34)21-17(11-19(31-32-21)28-12-14-6-7-15(36-3)10-18(14)37-4)29-24-22(38-5)16(8-9-27-24)23-30-20(13-35-2)39-33-23/h6-11H,12-13H2,1-5H3,(H,26,34)(H2,27,28,29,31)/i1D3. The van der Waals surface area contributed by atoms with Crippen molar-refractivity contribution >= 4 is 23.2 Å². The van der Waals surface area contributed by atoms with E-state index in [0.29, 0.717) is 17.1 Å². The highest BCUT2D eigenvalue weighted by Gasteiger charge is 2.21. The molecule has 0 aliphatic rings. The van der Waals surface area contributed by atoms with Gasteiger partial charge in [0, 0.05) is 48.6 Å². The molecule has 4 aromatic rings. The summed E-state index contributed by atoms with van der Waals surface area (Å²) in [5.74, 6) is 1.35. The van der Waals surface area contributed by atoms with Crippen molar-refractivity contribution < 1.29 is 32.4 Å². The van der Waals surface area contributed by atoms with E-state index < -0.39 is 12.9 Å². The number of pyridine rings is 1. The largest absolute Gasteiger partial charge is 0.497 e. The number of anilines is 3. The van der Waals surface area contributed by atoms with Gasteiger partial charge in [0.25, 0.3) is 11.8 Å². The maximum Gasteiger partial charge on any atom is 0.273 e. The molecule has 14 nitrogen and oxygen atoms in total. The van der Waals surface area contributed by atoms with Crippen LogP contribution in [0.1, 0.15) is 26.1 Å². The molecule has 1 amide bonds. The smallest absolute Gasteiger partial charge is 0.273 e. The number of nitrogens with one attached hydrogen (secondary N) is 3. The number of nitrogens with zero attached hydrogens (tertiary/aromatic N) is 5. The highest BCUT2D eigenvalue weighted by Crippen LogP contribution is 2.36. The average Bonchev–Trinajstić information content (AvgIpc) is 3.43. The molecular formula is C25H28N8O6. The number of rotatable bonds is 12. The first-order valence-electron chi connectivity index (χ1n) is 12.9. The van der Waals surface area contributed by atoms with Gasteiger partial charge in [-0.3, -0.25) is 4.79 Å². The van der Waals surface area contributed by atoms with Crippen molar-refractivity contribution in [1.29, 1.82) is 0 Å². The lowest BCUT2D eigenvalue weighted by Crippen LogP contribution is -2.22. The van der Waals surface area contributed by atoms with Crippen LogP contribution in [0.15, 0.2) is 41.1 Å². The Hall–Kier alpha value is -4.98. The van der Waals surface area contributed by atoms with Gasteiger partial charge >= 0.3 is 0 Å². The van der Waals surface area contributed by atoms with Crippen molar-refractivity contribution in [2.75, 3.05) is 46.0 Å². The van der Waals surface area contributed by atoms with Crippen LogP contribution >= 0.6 is 0 Å². The summed E-state index contributed by atoms with van der Waals surface area (Å²) in [6.07, 6.45) is 1.47. The Labute approximate surface area is 228 Å². The van der Waals surface area contributed by atoms with Gasteiger partial charge in [0.2, 0.25) is 5.82 Å². The van der Waals surface area contributed by atoms with Gasteiger partial charge in [-0.25, -0.2) is 4.98 Å². The predicted octanol–water partition coefficient (Wildman–Crippen LogP) is 2.81. The van der Waals surface area contributed by atoms with Gasteiger partial charge in [0.05, 0.1) is 32.6 Å². The van der Waals surface area contributed by atoms with Crippen molar-refractivity contribution in [3.63, 3.8) is 0 Å². The zero-order chi connectivity index (χ0) is 30.3. The van der Waals surface area contributed by atoms with Crippen molar-refractivity contribution in [1.82, 2.24) is 30.6 Å². The molecule has 0 saturated carbocycles. The molecule has 0 bridgehead atoms. The van der Waals surface area contributed by atoms with Crippen molar-refractivity contribution in [2.45, 2.75) is 13.2 Å². The molecule has 3 aromatic heterocycles. The fourth-order valence-electron chi connectivity index (χ4n) is 3.58. The summed E-state index contributed by atoms with van der Waals surface area (Å²) in [5, 5.41) is 20.1. The van der Waals surface area contributed by atoms with E-state index in [1.807, 2.05) is 11.4 Å². The molecule has 204 valence electrons. The third-order valence-electron chi connectivity index (χ3n) is 5.42. The zero-order valence-electron chi connectivity index (χ0n) is 24.6. The van der Waals surface area contributed by atoms with Gasteiger partial charge in [-0.05, 0) is 18.2 Å². The van der Waals surface area contributed by atoms with Gasteiger partial charge in [-0.15, -0.1) is 10.2 Å². The molecule has 0 unspecified atom stereocenters. The zero-order valence-corrected chi connectivity index (χ0v) is 21.6. The summed E-state index contributed by atoms with van der Waals surface area (Å²) in [5.41, 5.74) is 1.02. The number of methoxy groups -OCH3 is 4. The Kier molecular flexibility index (Phi) is 7.43. The second-order valence-electron chi connectivity index (χ2n) is 7.79. The van der Waals surface area contributed by atoms with Crippen LogP contribution in [0.2, 0.25) is 0 Å². The maximum atomic E-state index is 12.9. The highest BCUT2D eigenvalue weighted by molar-refractivity contribution is 5.98. The van der Waals surface area contributed by atoms with Crippen LogP contribution in [0.3, 0.4) is 0 Å². The lowest BCUT2D eigenvalue weighted by molar-refractivity contribution is 0.0958. The molecular weight excluding hydrogens is 508 g/mol. The SMILES string of the molecule is [2H]C([2H])([2H])NC(=O)c1nnc(NCc2ccc(OC)cc2OC)cc1Nc1nccc(-c2noc(COC)n2)c1OC. The van der Waals surface area contributed by atoms with E-state index in [9.17, 15) is 4.79 Å². The lowest BCUT2D eigenvalue weighted by atomic mass is 10.2. The lowest BCUT2D eigenvalue weighted by Gasteiger charge is -2.15. The van der Waals surface area contributed by atoms with E-state index in [4.69, 9.17) is 27.6 Å². The van der Waals surface area contributed by atoms with Crippen LogP contribution in [0.5, 0.6) is 17.2 Å². The third-order valence-corrected chi connectivity index (χ3v) is 5.42. The van der Waals surface area contributed by atoms with Gasteiger partial charge in [-0.2, -0.15) is 4.98 Å². The van der Waals surface area contributed by atoms with E-state index in [1.54, 1.807) is 32.4 Å². The Balaban J connectivity index is 1.69. The van der Waals surface area contributed by atoms with Crippen molar-refractivity contribution in [3.8, 4) is 28.6 Å². The van der Waals surface area contributed by atoms with Crippen LogP contribution in [0.4, 0.5) is 17.3 Å². The summed E-state index contributed by atoms with van der Waals surface area (Å²) < 4.78 is 48.8.